The van der Waals surface area contributed by atoms with Crippen molar-refractivity contribution in [3.63, 3.8) is 0 Å². The molecular formula is C13H16BrFN7O3S+. The van der Waals surface area contributed by atoms with Gasteiger partial charge in [0.1, 0.15) is 5.82 Å². The predicted octanol–water partition coefficient (Wildman–Crippen LogP) is 0.654. The van der Waals surface area contributed by atoms with Gasteiger partial charge in [0.25, 0.3) is 0 Å². The molecule has 2 aromatic heterocycles. The van der Waals surface area contributed by atoms with Crippen LogP contribution < -0.4 is 21.4 Å². The Morgan fingerprint density at radius 3 is 2.88 bits per heavy atom. The number of anilines is 1. The van der Waals surface area contributed by atoms with E-state index >= 15 is 0 Å². The molecule has 1 unspecified atom stereocenters. The van der Waals surface area contributed by atoms with E-state index < -0.39 is 22.0 Å². The third-order valence-electron chi connectivity index (χ3n) is 3.33. The van der Waals surface area contributed by atoms with Gasteiger partial charge < -0.3 is 10.5 Å². The first kappa shape index (κ1) is 18.6. The van der Waals surface area contributed by atoms with Crippen LogP contribution in [0.25, 0.3) is 17.2 Å². The van der Waals surface area contributed by atoms with Crippen molar-refractivity contribution in [2.24, 2.45) is 5.14 Å². The number of quaternary nitrogens is 1. The highest BCUT2D eigenvalue weighted by Gasteiger charge is 2.23. The summed E-state index contributed by atoms with van der Waals surface area (Å²) in [5.41, 5.74) is 0.513. The zero-order valence-corrected chi connectivity index (χ0v) is 16.0. The van der Waals surface area contributed by atoms with Crippen molar-refractivity contribution in [1.82, 2.24) is 20.0 Å². The second-order valence-electron chi connectivity index (χ2n) is 5.65. The molecule has 10 nitrogen and oxygen atoms in total. The second-order valence-corrected chi connectivity index (χ2v) is 9.61. The summed E-state index contributed by atoms with van der Waals surface area (Å²) in [6.07, 6.45) is 1.87. The molecule has 0 bridgehead atoms. The minimum atomic E-state index is -1.43. The van der Waals surface area contributed by atoms with Gasteiger partial charge in [-0.2, -0.15) is 0 Å². The third kappa shape index (κ3) is 3.95. The van der Waals surface area contributed by atoms with E-state index in [1.807, 2.05) is 6.26 Å². The van der Waals surface area contributed by atoms with Gasteiger partial charge in [-0.05, 0) is 44.4 Å². The van der Waals surface area contributed by atoms with Crippen LogP contribution >= 0.6 is 26.3 Å². The Kier molecular flexibility index (Phi) is 5.13. The molecule has 0 aliphatic heterocycles. The van der Waals surface area contributed by atoms with Gasteiger partial charge in [-0.1, -0.05) is 15.6 Å². The van der Waals surface area contributed by atoms with Crippen molar-refractivity contribution in [2.45, 2.75) is 0 Å². The topological polar surface area (TPSA) is 153 Å². The monoisotopic (exact) mass is 448 g/mol. The van der Waals surface area contributed by atoms with Gasteiger partial charge in [-0.3, -0.25) is 9.66 Å². The van der Waals surface area contributed by atoms with E-state index in [0.29, 0.717) is 18.0 Å². The summed E-state index contributed by atoms with van der Waals surface area (Å²) in [7, 11) is -1.43. The maximum Gasteiger partial charge on any atom is 0.446 e. The van der Waals surface area contributed by atoms with Crippen LogP contribution in [-0.4, -0.2) is 38.6 Å². The van der Waals surface area contributed by atoms with Crippen LogP contribution in [0.4, 0.5) is 10.2 Å². The lowest BCUT2D eigenvalue weighted by Gasteiger charge is -2.20. The van der Waals surface area contributed by atoms with E-state index in [1.165, 1.54) is 18.2 Å². The van der Waals surface area contributed by atoms with E-state index in [2.05, 4.69) is 41.9 Å². The number of hydrogen-bond acceptors (Lipinski definition) is 8. The first-order valence-corrected chi connectivity index (χ1v) is 10.5. The SMILES string of the molecule is CS(N)([NH3+])CCNc1nonc1-c1noc(=O)n1-c1ccc(F)c(Br)c1. The van der Waals surface area contributed by atoms with Gasteiger partial charge in [-0.15, -0.1) is 0 Å². The Morgan fingerprint density at radius 1 is 1.42 bits per heavy atom. The van der Waals surface area contributed by atoms with Crippen molar-refractivity contribution in [3.05, 3.63) is 39.0 Å². The molecule has 0 amide bonds. The normalized spacial score (nSPS) is 14.8. The van der Waals surface area contributed by atoms with E-state index in [4.69, 9.17) is 14.3 Å². The molecule has 0 fully saturated rings. The van der Waals surface area contributed by atoms with Gasteiger partial charge in [0.15, 0.2) is 5.69 Å². The van der Waals surface area contributed by atoms with Crippen molar-refractivity contribution in [2.75, 3.05) is 23.9 Å². The van der Waals surface area contributed by atoms with Gasteiger partial charge in [0.2, 0.25) is 11.6 Å². The molecule has 1 atom stereocenters. The predicted molar refractivity (Wildman–Crippen MR) is 97.0 cm³/mol. The fourth-order valence-electron chi connectivity index (χ4n) is 2.11. The Morgan fingerprint density at radius 2 is 2.19 bits per heavy atom. The van der Waals surface area contributed by atoms with Gasteiger partial charge in [0.05, 0.1) is 15.9 Å². The maximum atomic E-state index is 13.5. The lowest BCUT2D eigenvalue weighted by molar-refractivity contribution is -0.152. The number of rotatable bonds is 6. The smallest absolute Gasteiger partial charge is 0.364 e. The first-order valence-electron chi connectivity index (χ1n) is 7.24. The molecule has 0 saturated heterocycles. The van der Waals surface area contributed by atoms with E-state index in [-0.39, 0.29) is 21.8 Å². The summed E-state index contributed by atoms with van der Waals surface area (Å²) >= 11 is 3.08. The van der Waals surface area contributed by atoms with E-state index in [0.717, 1.165) is 4.57 Å². The van der Waals surface area contributed by atoms with Crippen LogP contribution in [0.3, 0.4) is 0 Å². The zero-order chi connectivity index (χ0) is 18.9. The molecule has 3 rings (SSSR count). The number of aromatic nitrogens is 4. The number of benzene rings is 1. The van der Waals surface area contributed by atoms with E-state index in [9.17, 15) is 9.18 Å². The van der Waals surface area contributed by atoms with Crippen LogP contribution in [0, 0.1) is 5.82 Å². The molecule has 6 N–H and O–H groups in total. The van der Waals surface area contributed by atoms with E-state index in [1.54, 1.807) is 0 Å². The molecule has 26 heavy (non-hydrogen) atoms. The number of halogens is 2. The Bertz CT molecular complexity index is 981. The molecule has 0 saturated carbocycles. The quantitative estimate of drug-likeness (QED) is 0.496. The standard InChI is InChI=1S/C13H15BrFN7O3S/c1-26(16,17)5-4-18-11-10(19-25-20-11)12-21-24-13(23)22(12)7-2-3-9(15)8(14)6-7/h2-3,6H,4-5,16-17H2,1H3,(H,18,20)/p+1. The lowest BCUT2D eigenvalue weighted by Crippen LogP contribution is -2.57. The highest BCUT2D eigenvalue weighted by atomic mass is 79.9. The molecule has 140 valence electrons. The molecule has 0 spiro atoms. The number of nitrogens with zero attached hydrogens (tertiary/aromatic N) is 4. The van der Waals surface area contributed by atoms with Crippen molar-refractivity contribution >= 4 is 32.1 Å². The summed E-state index contributed by atoms with van der Waals surface area (Å²) in [4.78, 5) is 12.1. The number of hydrogen-bond donors (Lipinski definition) is 3. The highest BCUT2D eigenvalue weighted by Crippen LogP contribution is 2.26. The second kappa shape index (κ2) is 7.19. The molecule has 0 aliphatic carbocycles. The zero-order valence-electron chi connectivity index (χ0n) is 13.6. The lowest BCUT2D eigenvalue weighted by atomic mass is 10.3. The average Bonchev–Trinajstić information content (AvgIpc) is 3.15. The summed E-state index contributed by atoms with van der Waals surface area (Å²) in [5, 5.41) is 24.1. The van der Waals surface area contributed by atoms with Gasteiger partial charge >= 0.3 is 5.76 Å². The van der Waals surface area contributed by atoms with Crippen LogP contribution in [-0.2, 0) is 0 Å². The Hall–Kier alpha value is -2.22. The largest absolute Gasteiger partial charge is 0.446 e. The first-order chi connectivity index (χ1) is 12.3. The Labute approximate surface area is 156 Å². The minimum absolute atomic E-state index is 0.0646. The molecule has 2 heterocycles. The number of nitrogens with one attached hydrogen (secondary N) is 1. The van der Waals surface area contributed by atoms with Gasteiger partial charge in [-0.25, -0.2) is 18.4 Å². The molecule has 3 aromatic rings. The van der Waals surface area contributed by atoms with Gasteiger partial charge in [0, 0.05) is 12.8 Å². The van der Waals surface area contributed by atoms with Crippen molar-refractivity contribution in [1.29, 1.82) is 0 Å². The minimum Gasteiger partial charge on any atom is -0.364 e. The fraction of sp³-hybridized carbons (Fsp3) is 0.231. The molecule has 1 aromatic carbocycles. The fourth-order valence-corrected chi connectivity index (χ4v) is 3.04. The Balaban J connectivity index is 1.96. The summed E-state index contributed by atoms with van der Waals surface area (Å²) in [6, 6.07) is 4.04. The number of nitrogens with two attached hydrogens (primary N) is 1. The van der Waals surface area contributed by atoms with Crippen LogP contribution in [0.2, 0.25) is 0 Å². The summed E-state index contributed by atoms with van der Waals surface area (Å²) < 4.78 is 24.3. The maximum absolute atomic E-state index is 13.5. The van der Waals surface area contributed by atoms with Crippen molar-refractivity contribution in [3.8, 4) is 17.2 Å². The molecule has 13 heteroatoms. The molecule has 0 radical (unpaired) electrons. The van der Waals surface area contributed by atoms with Crippen LogP contribution in [0.5, 0.6) is 0 Å². The summed E-state index contributed by atoms with van der Waals surface area (Å²) in [5.74, 6) is -0.253. The van der Waals surface area contributed by atoms with Crippen LogP contribution in [0.15, 0.2) is 36.6 Å². The summed E-state index contributed by atoms with van der Waals surface area (Å²) in [6.45, 7) is 0.483. The average molecular weight is 449 g/mol. The molecule has 0 aliphatic rings. The highest BCUT2D eigenvalue weighted by molar-refractivity contribution is 9.10. The third-order valence-corrected chi connectivity index (χ3v) is 5.07. The molecular weight excluding hydrogens is 433 g/mol. The van der Waals surface area contributed by atoms with Crippen molar-refractivity contribution < 1.29 is 18.7 Å². The van der Waals surface area contributed by atoms with Crippen LogP contribution in [0.1, 0.15) is 0 Å².